The molecule has 0 atom stereocenters. The third kappa shape index (κ3) is 42.7. The van der Waals surface area contributed by atoms with Crippen LogP contribution in [0.2, 0.25) is 0 Å². The van der Waals surface area contributed by atoms with Gasteiger partial charge in [-0.05, 0) is 58.9 Å². The average Bonchev–Trinajstić information content (AvgIpc) is 2.48. The number of aliphatic hydroxyl groups is 1. The molecule has 140 valence electrons. The van der Waals surface area contributed by atoms with E-state index in [0.717, 1.165) is 24.9 Å². The van der Waals surface area contributed by atoms with Gasteiger partial charge in [0.15, 0.2) is 0 Å². The molecule has 0 saturated carbocycles. The lowest BCUT2D eigenvalue weighted by Gasteiger charge is -2.15. The van der Waals surface area contributed by atoms with Crippen molar-refractivity contribution in [3.05, 3.63) is 0 Å². The van der Waals surface area contributed by atoms with E-state index in [-0.39, 0.29) is 6.61 Å². The van der Waals surface area contributed by atoms with Crippen LogP contribution in [-0.2, 0) is 0 Å². The molecule has 3 heteroatoms. The zero-order valence-corrected chi connectivity index (χ0v) is 17.7. The summed E-state index contributed by atoms with van der Waals surface area (Å²) in [6.07, 6.45) is 2.53. The first kappa shape index (κ1) is 29.8. The molecule has 0 aromatic carbocycles. The molecule has 0 fully saturated rings. The van der Waals surface area contributed by atoms with E-state index in [1.165, 1.54) is 19.4 Å². The molecule has 0 bridgehead atoms. The highest BCUT2D eigenvalue weighted by Gasteiger charge is 1.98. The van der Waals surface area contributed by atoms with Crippen LogP contribution >= 0.6 is 0 Å². The molecule has 0 amide bonds. The molecule has 0 radical (unpaired) electrons. The quantitative estimate of drug-likeness (QED) is 0.708. The lowest BCUT2D eigenvalue weighted by molar-refractivity contribution is 0.215. The summed E-state index contributed by atoms with van der Waals surface area (Å²) in [7, 11) is 6.27. The standard InChI is InChI=1S/C8H19NO.C7H17N.2C2H6/c1-8(2)4-5-9(3)6-7-10;1-7(2)5-6-8(3)4;2*1-2/h8,10H,4-7H2,1-3H3;7H,5-6H2,1-4H3;2*1-2H3. The number of hydrogen-bond donors (Lipinski definition) is 1. The summed E-state index contributed by atoms with van der Waals surface area (Å²) in [6.45, 7) is 20.3. The van der Waals surface area contributed by atoms with Gasteiger partial charge >= 0.3 is 0 Å². The van der Waals surface area contributed by atoms with Crippen molar-refractivity contribution in [1.82, 2.24) is 9.80 Å². The summed E-state index contributed by atoms with van der Waals surface area (Å²) >= 11 is 0. The Morgan fingerprint density at radius 1 is 0.682 bits per heavy atom. The van der Waals surface area contributed by atoms with Gasteiger partial charge < -0.3 is 14.9 Å². The van der Waals surface area contributed by atoms with Crippen LogP contribution in [0, 0.1) is 11.8 Å². The first-order valence-corrected chi connectivity index (χ1v) is 9.23. The third-order valence-electron chi connectivity index (χ3n) is 2.72. The second-order valence-corrected chi connectivity index (χ2v) is 6.20. The molecule has 0 heterocycles. The number of rotatable bonds is 8. The summed E-state index contributed by atoms with van der Waals surface area (Å²) < 4.78 is 0. The molecule has 0 aliphatic rings. The highest BCUT2D eigenvalue weighted by molar-refractivity contribution is 4.52. The molecule has 0 aromatic heterocycles. The third-order valence-corrected chi connectivity index (χ3v) is 2.72. The van der Waals surface area contributed by atoms with E-state index in [1.54, 1.807) is 0 Å². The number of nitrogens with zero attached hydrogens (tertiary/aromatic N) is 2. The van der Waals surface area contributed by atoms with Crippen molar-refractivity contribution in [2.75, 3.05) is 47.4 Å². The van der Waals surface area contributed by atoms with Crippen molar-refractivity contribution in [2.45, 2.75) is 68.2 Å². The van der Waals surface area contributed by atoms with Gasteiger partial charge in [-0.1, -0.05) is 55.4 Å². The second-order valence-electron chi connectivity index (χ2n) is 6.20. The van der Waals surface area contributed by atoms with Gasteiger partial charge in [0.2, 0.25) is 0 Å². The normalized spacial score (nSPS) is 9.82. The molecule has 0 aliphatic carbocycles. The predicted molar refractivity (Wildman–Crippen MR) is 105 cm³/mol. The minimum Gasteiger partial charge on any atom is -0.395 e. The van der Waals surface area contributed by atoms with E-state index >= 15 is 0 Å². The van der Waals surface area contributed by atoms with E-state index in [2.05, 4.69) is 51.6 Å². The van der Waals surface area contributed by atoms with Crippen molar-refractivity contribution < 1.29 is 5.11 Å². The van der Waals surface area contributed by atoms with Crippen molar-refractivity contribution in [3.8, 4) is 0 Å². The van der Waals surface area contributed by atoms with Crippen LogP contribution in [-0.4, -0.2) is 62.3 Å². The molecule has 0 spiro atoms. The van der Waals surface area contributed by atoms with E-state index in [0.29, 0.717) is 0 Å². The molecular weight excluding hydrogens is 272 g/mol. The zero-order chi connectivity index (χ0) is 18.6. The van der Waals surface area contributed by atoms with Crippen LogP contribution in [0.5, 0.6) is 0 Å². The summed E-state index contributed by atoms with van der Waals surface area (Å²) in [5.74, 6) is 1.61. The van der Waals surface area contributed by atoms with Crippen LogP contribution < -0.4 is 0 Å². The van der Waals surface area contributed by atoms with Gasteiger partial charge in [0, 0.05) is 6.54 Å². The predicted octanol–water partition coefficient (Wildman–Crippen LogP) is 4.60. The van der Waals surface area contributed by atoms with E-state index in [9.17, 15) is 0 Å². The highest BCUT2D eigenvalue weighted by Crippen LogP contribution is 1.99. The van der Waals surface area contributed by atoms with Crippen LogP contribution in [0.1, 0.15) is 68.2 Å². The smallest absolute Gasteiger partial charge is 0.0558 e. The van der Waals surface area contributed by atoms with Gasteiger partial charge in [-0.3, -0.25) is 0 Å². The first-order chi connectivity index (χ1) is 10.3. The lowest BCUT2D eigenvalue weighted by atomic mass is 10.1. The number of likely N-dealkylation sites (N-methyl/N-ethyl adjacent to an activating group) is 1. The maximum absolute atomic E-state index is 8.56. The van der Waals surface area contributed by atoms with Gasteiger partial charge in [-0.2, -0.15) is 0 Å². The topological polar surface area (TPSA) is 26.7 Å². The first-order valence-electron chi connectivity index (χ1n) is 9.23. The van der Waals surface area contributed by atoms with Crippen molar-refractivity contribution in [3.63, 3.8) is 0 Å². The molecule has 0 rings (SSSR count). The molecule has 3 nitrogen and oxygen atoms in total. The van der Waals surface area contributed by atoms with Gasteiger partial charge in [0.1, 0.15) is 0 Å². The number of aliphatic hydroxyl groups excluding tert-OH is 1. The Bertz CT molecular complexity index is 152. The Hall–Kier alpha value is -0.120. The largest absolute Gasteiger partial charge is 0.395 e. The minimum atomic E-state index is 0.272. The molecule has 22 heavy (non-hydrogen) atoms. The van der Waals surface area contributed by atoms with Crippen molar-refractivity contribution in [1.29, 1.82) is 0 Å². The SMILES string of the molecule is CC.CC.CC(C)CCN(C)C.CC(C)CCN(C)CCO. The van der Waals surface area contributed by atoms with Crippen LogP contribution in [0.4, 0.5) is 0 Å². The van der Waals surface area contributed by atoms with Gasteiger partial charge in [-0.25, -0.2) is 0 Å². The van der Waals surface area contributed by atoms with E-state index in [4.69, 9.17) is 5.11 Å². The fourth-order valence-corrected chi connectivity index (χ4v) is 1.28. The maximum Gasteiger partial charge on any atom is 0.0558 e. The summed E-state index contributed by atoms with van der Waals surface area (Å²) in [5.41, 5.74) is 0. The lowest BCUT2D eigenvalue weighted by Crippen LogP contribution is -2.24. The Kier molecular flexibility index (Phi) is 35.0. The molecule has 1 N–H and O–H groups in total. The fraction of sp³-hybridized carbons (Fsp3) is 1.00. The zero-order valence-electron chi connectivity index (χ0n) is 17.7. The Morgan fingerprint density at radius 2 is 1.05 bits per heavy atom. The average molecular weight is 321 g/mol. The highest BCUT2D eigenvalue weighted by atomic mass is 16.3. The molecule has 0 aromatic rings. The molecule has 0 aliphatic heterocycles. The van der Waals surface area contributed by atoms with E-state index in [1.807, 2.05) is 34.7 Å². The van der Waals surface area contributed by atoms with Crippen molar-refractivity contribution >= 4 is 0 Å². The van der Waals surface area contributed by atoms with Gasteiger partial charge in [-0.15, -0.1) is 0 Å². The number of hydrogen-bond acceptors (Lipinski definition) is 3. The molecule has 0 unspecified atom stereocenters. The Morgan fingerprint density at radius 3 is 1.27 bits per heavy atom. The Balaban J connectivity index is -0.000000121. The maximum atomic E-state index is 8.56. The van der Waals surface area contributed by atoms with Crippen LogP contribution in [0.15, 0.2) is 0 Å². The van der Waals surface area contributed by atoms with Crippen molar-refractivity contribution in [2.24, 2.45) is 11.8 Å². The molecule has 0 saturated heterocycles. The van der Waals surface area contributed by atoms with Crippen LogP contribution in [0.25, 0.3) is 0 Å². The van der Waals surface area contributed by atoms with Gasteiger partial charge in [0.05, 0.1) is 6.61 Å². The summed E-state index contributed by atoms with van der Waals surface area (Å²) in [5, 5.41) is 8.56. The van der Waals surface area contributed by atoms with Crippen LogP contribution in [0.3, 0.4) is 0 Å². The van der Waals surface area contributed by atoms with Gasteiger partial charge in [0.25, 0.3) is 0 Å². The minimum absolute atomic E-state index is 0.272. The summed E-state index contributed by atoms with van der Waals surface area (Å²) in [6, 6.07) is 0. The molecular formula is C19H48N2O. The fourth-order valence-electron chi connectivity index (χ4n) is 1.28. The Labute approximate surface area is 143 Å². The summed E-state index contributed by atoms with van der Waals surface area (Å²) in [4.78, 5) is 4.38. The second kappa shape index (κ2) is 25.8. The monoisotopic (exact) mass is 320 g/mol. The van der Waals surface area contributed by atoms with E-state index < -0.39 is 0 Å².